The molecule has 2 heterocycles. The van der Waals surface area contributed by atoms with E-state index in [0.717, 1.165) is 27.9 Å². The number of rotatable bonds is 4. The molecule has 0 N–H and O–H groups in total. The van der Waals surface area contributed by atoms with E-state index >= 15 is 0 Å². The van der Waals surface area contributed by atoms with Crippen LogP contribution in [0.5, 0.6) is 0 Å². The van der Waals surface area contributed by atoms with Crippen LogP contribution in [0.1, 0.15) is 21.7 Å². The van der Waals surface area contributed by atoms with Gasteiger partial charge in [0.25, 0.3) is 5.91 Å². The van der Waals surface area contributed by atoms with Gasteiger partial charge >= 0.3 is 0 Å². The number of aromatic nitrogens is 1. The molecule has 2 aromatic heterocycles. The fourth-order valence-corrected chi connectivity index (χ4v) is 3.14. The zero-order valence-corrected chi connectivity index (χ0v) is 15.3. The molecule has 4 rings (SSSR count). The normalized spacial score (nSPS) is 10.9. The van der Waals surface area contributed by atoms with Crippen LogP contribution < -0.4 is 0 Å². The standard InChI is InChI=1S/C23H20N2O2/c1-16-9-11-17(12-10-16)22-14-20(19-7-3-4-8-21(19)24-22)23(26)25(2)15-18-6-5-13-27-18/h3-14H,15H2,1-2H3. The summed E-state index contributed by atoms with van der Waals surface area (Å²) < 4.78 is 5.38. The zero-order valence-electron chi connectivity index (χ0n) is 15.3. The van der Waals surface area contributed by atoms with Gasteiger partial charge in [-0.1, -0.05) is 48.0 Å². The summed E-state index contributed by atoms with van der Waals surface area (Å²) in [6.07, 6.45) is 1.62. The first-order valence-corrected chi connectivity index (χ1v) is 8.86. The molecule has 0 aliphatic rings. The van der Waals surface area contributed by atoms with Crippen LogP contribution in [0, 0.1) is 6.92 Å². The van der Waals surface area contributed by atoms with Gasteiger partial charge in [0.2, 0.25) is 0 Å². The number of fused-ring (bicyclic) bond motifs is 1. The topological polar surface area (TPSA) is 46.3 Å². The lowest BCUT2D eigenvalue weighted by molar-refractivity contribution is 0.0777. The number of amides is 1. The van der Waals surface area contributed by atoms with Gasteiger partial charge in [0.1, 0.15) is 5.76 Å². The van der Waals surface area contributed by atoms with Crippen LogP contribution in [0.3, 0.4) is 0 Å². The van der Waals surface area contributed by atoms with Gasteiger partial charge in [0.05, 0.1) is 29.6 Å². The number of pyridine rings is 1. The molecule has 1 amide bonds. The van der Waals surface area contributed by atoms with Crippen LogP contribution in [0.15, 0.2) is 77.4 Å². The van der Waals surface area contributed by atoms with Crippen molar-refractivity contribution in [3.63, 3.8) is 0 Å². The highest BCUT2D eigenvalue weighted by atomic mass is 16.3. The summed E-state index contributed by atoms with van der Waals surface area (Å²) in [6, 6.07) is 21.5. The number of hydrogen-bond acceptors (Lipinski definition) is 3. The van der Waals surface area contributed by atoms with Crippen molar-refractivity contribution in [2.75, 3.05) is 7.05 Å². The van der Waals surface area contributed by atoms with Gasteiger partial charge in [-0.05, 0) is 31.2 Å². The number of aryl methyl sites for hydroxylation is 1. The lowest BCUT2D eigenvalue weighted by Gasteiger charge is -2.18. The first kappa shape index (κ1) is 17.0. The van der Waals surface area contributed by atoms with Gasteiger partial charge in [-0.25, -0.2) is 4.98 Å². The average molecular weight is 356 g/mol. The Hall–Kier alpha value is -3.40. The molecule has 134 valence electrons. The maximum Gasteiger partial charge on any atom is 0.254 e. The van der Waals surface area contributed by atoms with Crippen molar-refractivity contribution < 1.29 is 9.21 Å². The summed E-state index contributed by atoms with van der Waals surface area (Å²) in [6.45, 7) is 2.47. The van der Waals surface area contributed by atoms with Gasteiger partial charge in [-0.2, -0.15) is 0 Å². The second-order valence-electron chi connectivity index (χ2n) is 6.68. The second-order valence-corrected chi connectivity index (χ2v) is 6.68. The van der Waals surface area contributed by atoms with Crippen molar-refractivity contribution in [2.24, 2.45) is 0 Å². The van der Waals surface area contributed by atoms with Crippen LogP contribution in [-0.4, -0.2) is 22.8 Å². The SMILES string of the molecule is Cc1ccc(-c2cc(C(=O)N(C)Cc3ccco3)c3ccccc3n2)cc1. The molecule has 2 aromatic carbocycles. The Morgan fingerprint density at radius 3 is 2.56 bits per heavy atom. The number of hydrogen-bond donors (Lipinski definition) is 0. The Kier molecular flexibility index (Phi) is 4.47. The summed E-state index contributed by atoms with van der Waals surface area (Å²) in [5.74, 6) is 0.696. The molecule has 4 aromatic rings. The number of benzene rings is 2. The molecule has 4 nitrogen and oxygen atoms in total. The van der Waals surface area contributed by atoms with Crippen molar-refractivity contribution in [3.05, 3.63) is 89.9 Å². The van der Waals surface area contributed by atoms with E-state index in [-0.39, 0.29) is 5.91 Å². The second kappa shape index (κ2) is 7.08. The molecule has 0 radical (unpaired) electrons. The molecule has 0 saturated carbocycles. The van der Waals surface area contributed by atoms with Gasteiger partial charge in [-0.3, -0.25) is 4.79 Å². The third-order valence-corrected chi connectivity index (χ3v) is 4.61. The smallest absolute Gasteiger partial charge is 0.254 e. The summed E-state index contributed by atoms with van der Waals surface area (Å²) in [7, 11) is 1.78. The molecule has 0 unspecified atom stereocenters. The number of carbonyl (C=O) groups is 1. The van der Waals surface area contributed by atoms with Gasteiger partial charge < -0.3 is 9.32 Å². The quantitative estimate of drug-likeness (QED) is 0.512. The maximum atomic E-state index is 13.2. The molecular formula is C23H20N2O2. The molecule has 0 aliphatic carbocycles. The fourth-order valence-electron chi connectivity index (χ4n) is 3.14. The van der Waals surface area contributed by atoms with E-state index in [9.17, 15) is 4.79 Å². The molecule has 0 spiro atoms. The van der Waals surface area contributed by atoms with Gasteiger partial charge in [-0.15, -0.1) is 0 Å². The third kappa shape index (κ3) is 3.47. The molecule has 0 saturated heterocycles. The van der Waals surface area contributed by atoms with Crippen molar-refractivity contribution in [3.8, 4) is 11.3 Å². The molecule has 0 bridgehead atoms. The Morgan fingerprint density at radius 2 is 1.81 bits per heavy atom. The largest absolute Gasteiger partial charge is 0.467 e. The van der Waals surface area contributed by atoms with Gasteiger partial charge in [0.15, 0.2) is 0 Å². The van der Waals surface area contributed by atoms with Crippen molar-refractivity contribution in [2.45, 2.75) is 13.5 Å². The third-order valence-electron chi connectivity index (χ3n) is 4.61. The van der Waals surface area contributed by atoms with Crippen molar-refractivity contribution in [1.29, 1.82) is 0 Å². The van der Waals surface area contributed by atoms with Crippen LogP contribution in [-0.2, 0) is 6.54 Å². The summed E-state index contributed by atoms with van der Waals surface area (Å²) in [4.78, 5) is 19.6. The highest BCUT2D eigenvalue weighted by molar-refractivity contribution is 6.07. The lowest BCUT2D eigenvalue weighted by atomic mass is 10.0. The summed E-state index contributed by atoms with van der Waals surface area (Å²) >= 11 is 0. The van der Waals surface area contributed by atoms with E-state index in [1.54, 1.807) is 18.2 Å². The Balaban J connectivity index is 1.78. The molecule has 0 aliphatic heterocycles. The predicted octanol–water partition coefficient (Wildman–Crippen LogP) is 5.08. The first-order chi connectivity index (χ1) is 13.1. The van der Waals surface area contributed by atoms with Crippen LogP contribution in [0.2, 0.25) is 0 Å². The Morgan fingerprint density at radius 1 is 1.04 bits per heavy atom. The van der Waals surface area contributed by atoms with Crippen LogP contribution in [0.4, 0.5) is 0 Å². The van der Waals surface area contributed by atoms with E-state index < -0.39 is 0 Å². The number of para-hydroxylation sites is 1. The Labute approximate surface area is 158 Å². The molecular weight excluding hydrogens is 336 g/mol. The lowest BCUT2D eigenvalue weighted by Crippen LogP contribution is -2.26. The number of carbonyl (C=O) groups excluding carboxylic acids is 1. The van der Waals surface area contributed by atoms with Crippen molar-refractivity contribution >= 4 is 16.8 Å². The first-order valence-electron chi connectivity index (χ1n) is 8.86. The number of furan rings is 1. The van der Waals surface area contributed by atoms with Gasteiger partial charge in [0, 0.05) is 18.0 Å². The number of nitrogens with zero attached hydrogens (tertiary/aromatic N) is 2. The monoisotopic (exact) mass is 356 g/mol. The summed E-state index contributed by atoms with van der Waals surface area (Å²) in [5.41, 5.74) is 4.43. The van der Waals surface area contributed by atoms with E-state index in [4.69, 9.17) is 9.40 Å². The van der Waals surface area contributed by atoms with Crippen LogP contribution >= 0.6 is 0 Å². The maximum absolute atomic E-state index is 13.2. The Bertz CT molecular complexity index is 1080. The molecule has 0 fully saturated rings. The highest BCUT2D eigenvalue weighted by Gasteiger charge is 2.18. The minimum absolute atomic E-state index is 0.0571. The molecule has 0 atom stereocenters. The molecule has 27 heavy (non-hydrogen) atoms. The van der Waals surface area contributed by atoms with E-state index in [1.165, 1.54) is 5.56 Å². The minimum Gasteiger partial charge on any atom is -0.467 e. The summed E-state index contributed by atoms with van der Waals surface area (Å²) in [5, 5.41) is 0.852. The van der Waals surface area contributed by atoms with Crippen LogP contribution in [0.25, 0.3) is 22.2 Å². The van der Waals surface area contributed by atoms with E-state index in [2.05, 4.69) is 19.1 Å². The zero-order chi connectivity index (χ0) is 18.8. The predicted molar refractivity (Wildman–Crippen MR) is 106 cm³/mol. The minimum atomic E-state index is -0.0571. The molecule has 4 heteroatoms. The van der Waals surface area contributed by atoms with Crippen molar-refractivity contribution in [1.82, 2.24) is 9.88 Å². The average Bonchev–Trinajstić information content (AvgIpc) is 3.20. The fraction of sp³-hybridized carbons (Fsp3) is 0.130. The highest BCUT2D eigenvalue weighted by Crippen LogP contribution is 2.26. The van der Waals surface area contributed by atoms with E-state index in [1.807, 2.05) is 54.6 Å². The van der Waals surface area contributed by atoms with E-state index in [0.29, 0.717) is 12.1 Å².